The fourth-order valence-electron chi connectivity index (χ4n) is 2.81. The molecule has 3 rings (SSSR count). The Morgan fingerprint density at radius 2 is 1.86 bits per heavy atom. The molecule has 0 aliphatic heterocycles. The SMILES string of the molecule is CCOP(=O)(OCC)C(Nc1nc2ccc(C)cc2s1)c1ccc(Cl)cc1Cl. The van der Waals surface area contributed by atoms with Gasteiger partial charge in [0, 0.05) is 15.6 Å². The Balaban J connectivity index is 2.07. The molecule has 0 bridgehead atoms. The molecule has 1 atom stereocenters. The van der Waals surface area contributed by atoms with Crippen molar-refractivity contribution in [3.8, 4) is 0 Å². The Morgan fingerprint density at radius 3 is 2.50 bits per heavy atom. The molecule has 2 aromatic carbocycles. The van der Waals surface area contributed by atoms with E-state index in [0.29, 0.717) is 20.7 Å². The molecule has 0 saturated heterocycles. The number of anilines is 1. The van der Waals surface area contributed by atoms with E-state index in [4.69, 9.17) is 32.2 Å². The van der Waals surface area contributed by atoms with E-state index in [1.165, 1.54) is 11.3 Å². The predicted octanol–water partition coefficient (Wildman–Crippen LogP) is 7.29. The number of rotatable bonds is 8. The molecule has 0 spiro atoms. The van der Waals surface area contributed by atoms with Crippen LogP contribution in [-0.4, -0.2) is 18.2 Å². The summed E-state index contributed by atoms with van der Waals surface area (Å²) >= 11 is 13.9. The lowest BCUT2D eigenvalue weighted by Gasteiger charge is -2.27. The summed E-state index contributed by atoms with van der Waals surface area (Å²) in [5, 5.41) is 4.72. The molecule has 3 aromatic rings. The van der Waals surface area contributed by atoms with Crippen LogP contribution in [-0.2, 0) is 13.6 Å². The highest BCUT2D eigenvalue weighted by atomic mass is 35.5. The van der Waals surface area contributed by atoms with Gasteiger partial charge in [-0.25, -0.2) is 4.98 Å². The topological polar surface area (TPSA) is 60.5 Å². The molecule has 0 radical (unpaired) electrons. The van der Waals surface area contributed by atoms with Crippen LogP contribution in [0, 0.1) is 6.92 Å². The number of aromatic nitrogens is 1. The van der Waals surface area contributed by atoms with Crippen molar-refractivity contribution in [1.82, 2.24) is 4.98 Å². The summed E-state index contributed by atoms with van der Waals surface area (Å²) in [6.45, 7) is 6.04. The van der Waals surface area contributed by atoms with Gasteiger partial charge >= 0.3 is 7.60 Å². The molecule has 1 aromatic heterocycles. The van der Waals surface area contributed by atoms with E-state index in [0.717, 1.165) is 15.8 Å². The molecule has 0 aliphatic rings. The molecule has 9 heteroatoms. The van der Waals surface area contributed by atoms with Crippen molar-refractivity contribution in [3.05, 3.63) is 57.6 Å². The second kappa shape index (κ2) is 9.12. The van der Waals surface area contributed by atoms with Crippen molar-refractivity contribution in [1.29, 1.82) is 0 Å². The number of halogens is 2. The van der Waals surface area contributed by atoms with E-state index in [1.54, 1.807) is 32.0 Å². The van der Waals surface area contributed by atoms with Gasteiger partial charge in [-0.05, 0) is 50.6 Å². The summed E-state index contributed by atoms with van der Waals surface area (Å²) in [5.41, 5.74) is 2.59. The molecule has 1 N–H and O–H groups in total. The van der Waals surface area contributed by atoms with Crippen molar-refractivity contribution in [2.45, 2.75) is 26.6 Å². The van der Waals surface area contributed by atoms with Crippen molar-refractivity contribution in [3.63, 3.8) is 0 Å². The normalized spacial score (nSPS) is 13.0. The quantitative estimate of drug-likeness (QED) is 0.359. The van der Waals surface area contributed by atoms with Gasteiger partial charge in [0.1, 0.15) is 0 Å². The van der Waals surface area contributed by atoms with Gasteiger partial charge in [-0.1, -0.05) is 46.7 Å². The Kier molecular flexibility index (Phi) is 7.02. The lowest BCUT2D eigenvalue weighted by atomic mass is 10.2. The van der Waals surface area contributed by atoms with Crippen LogP contribution in [0.1, 0.15) is 30.8 Å². The van der Waals surface area contributed by atoms with Gasteiger partial charge in [0.05, 0.1) is 23.4 Å². The first kappa shape index (κ1) is 21.6. The summed E-state index contributed by atoms with van der Waals surface area (Å²) < 4.78 is 25.8. The maximum absolute atomic E-state index is 13.6. The highest BCUT2D eigenvalue weighted by Gasteiger charge is 2.39. The van der Waals surface area contributed by atoms with Crippen LogP contribution in [0.2, 0.25) is 10.0 Å². The molecule has 150 valence electrons. The van der Waals surface area contributed by atoms with E-state index in [9.17, 15) is 4.57 Å². The number of hydrogen-bond acceptors (Lipinski definition) is 6. The zero-order valence-corrected chi connectivity index (χ0v) is 19.0. The molecule has 0 aliphatic carbocycles. The van der Waals surface area contributed by atoms with Gasteiger partial charge in [-0.3, -0.25) is 4.57 Å². The lowest BCUT2D eigenvalue weighted by Crippen LogP contribution is -2.15. The van der Waals surface area contributed by atoms with Gasteiger partial charge in [-0.15, -0.1) is 0 Å². The number of fused-ring (bicyclic) bond motifs is 1. The third-order valence-corrected chi connectivity index (χ3v) is 7.78. The minimum atomic E-state index is -3.58. The lowest BCUT2D eigenvalue weighted by molar-refractivity contribution is 0.214. The van der Waals surface area contributed by atoms with E-state index in [-0.39, 0.29) is 13.2 Å². The van der Waals surface area contributed by atoms with Crippen LogP contribution >= 0.6 is 42.1 Å². The number of thiazole rings is 1. The van der Waals surface area contributed by atoms with Crippen LogP contribution in [0.15, 0.2) is 36.4 Å². The standard InChI is InChI=1S/C19H21Cl2N2O3PS/c1-4-25-27(24,26-5-2)18(14-8-7-13(20)11-15(14)21)23-19-22-16-9-6-12(3)10-17(16)28-19/h6-11,18H,4-5H2,1-3H3,(H,22,23). The Labute approximate surface area is 178 Å². The van der Waals surface area contributed by atoms with E-state index < -0.39 is 13.4 Å². The Bertz CT molecular complexity index is 1020. The van der Waals surface area contributed by atoms with Crippen LogP contribution in [0.4, 0.5) is 5.13 Å². The maximum Gasteiger partial charge on any atom is 0.357 e. The fraction of sp³-hybridized carbons (Fsp3) is 0.316. The van der Waals surface area contributed by atoms with E-state index in [2.05, 4.69) is 16.4 Å². The molecule has 0 saturated carbocycles. The summed E-state index contributed by atoms with van der Waals surface area (Å²) in [6, 6.07) is 11.1. The van der Waals surface area contributed by atoms with Crippen molar-refractivity contribution >= 4 is 57.5 Å². The molecule has 1 heterocycles. The van der Waals surface area contributed by atoms with Crippen LogP contribution < -0.4 is 5.32 Å². The molecule has 0 fully saturated rings. The summed E-state index contributed by atoms with van der Waals surface area (Å²) in [4.78, 5) is 4.61. The average Bonchev–Trinajstić information content (AvgIpc) is 3.02. The first-order chi connectivity index (χ1) is 13.4. The van der Waals surface area contributed by atoms with Crippen molar-refractivity contribution in [2.24, 2.45) is 0 Å². The summed E-state index contributed by atoms with van der Waals surface area (Å²) in [7, 11) is -3.58. The third-order valence-electron chi connectivity index (χ3n) is 4.00. The minimum Gasteiger partial charge on any atom is -0.344 e. The second-order valence-electron chi connectivity index (χ2n) is 6.08. The first-order valence-electron chi connectivity index (χ1n) is 8.83. The van der Waals surface area contributed by atoms with Crippen molar-refractivity contribution < 1.29 is 13.6 Å². The van der Waals surface area contributed by atoms with Gasteiger partial charge in [0.2, 0.25) is 0 Å². The number of benzene rings is 2. The van der Waals surface area contributed by atoms with Gasteiger partial charge < -0.3 is 14.4 Å². The monoisotopic (exact) mass is 458 g/mol. The van der Waals surface area contributed by atoms with E-state index >= 15 is 0 Å². The summed E-state index contributed by atoms with van der Waals surface area (Å²) in [5.74, 6) is -0.821. The fourth-order valence-corrected chi connectivity index (χ4v) is 6.42. The number of aryl methyl sites for hydroxylation is 1. The third kappa shape index (κ3) is 4.70. The number of hydrogen-bond donors (Lipinski definition) is 1. The van der Waals surface area contributed by atoms with Crippen LogP contribution in [0.25, 0.3) is 10.2 Å². The largest absolute Gasteiger partial charge is 0.357 e. The van der Waals surface area contributed by atoms with Crippen molar-refractivity contribution in [2.75, 3.05) is 18.5 Å². The number of nitrogens with zero attached hydrogens (tertiary/aromatic N) is 1. The van der Waals surface area contributed by atoms with E-state index in [1.807, 2.05) is 19.1 Å². The van der Waals surface area contributed by atoms with Crippen LogP contribution in [0.3, 0.4) is 0 Å². The highest BCUT2D eigenvalue weighted by Crippen LogP contribution is 2.62. The van der Waals surface area contributed by atoms with Gasteiger partial charge in [0.25, 0.3) is 0 Å². The molecular weight excluding hydrogens is 438 g/mol. The zero-order valence-electron chi connectivity index (χ0n) is 15.7. The first-order valence-corrected chi connectivity index (χ1v) is 12.0. The molecular formula is C19H21Cl2N2O3PS. The zero-order chi connectivity index (χ0) is 20.3. The molecule has 1 unspecified atom stereocenters. The minimum absolute atomic E-state index is 0.236. The second-order valence-corrected chi connectivity index (χ2v) is 10.1. The molecule has 28 heavy (non-hydrogen) atoms. The van der Waals surface area contributed by atoms with Gasteiger partial charge in [0.15, 0.2) is 10.9 Å². The Hall–Kier alpha value is -1.14. The maximum atomic E-state index is 13.6. The number of nitrogens with one attached hydrogen (secondary N) is 1. The summed E-state index contributed by atoms with van der Waals surface area (Å²) in [6.07, 6.45) is 0. The molecule has 0 amide bonds. The molecule has 5 nitrogen and oxygen atoms in total. The van der Waals surface area contributed by atoms with Gasteiger partial charge in [-0.2, -0.15) is 0 Å². The highest BCUT2D eigenvalue weighted by molar-refractivity contribution is 7.54. The Morgan fingerprint density at radius 1 is 1.14 bits per heavy atom. The average molecular weight is 459 g/mol. The predicted molar refractivity (Wildman–Crippen MR) is 118 cm³/mol. The van der Waals surface area contributed by atoms with Crippen LogP contribution in [0.5, 0.6) is 0 Å². The smallest absolute Gasteiger partial charge is 0.344 e.